The Bertz CT molecular complexity index is 664. The van der Waals surface area contributed by atoms with Crippen LogP contribution in [0.1, 0.15) is 13.3 Å². The molecule has 116 valence electrons. The van der Waals surface area contributed by atoms with Crippen molar-refractivity contribution in [2.75, 3.05) is 13.1 Å². The average molecular weight is 334 g/mol. The summed E-state index contributed by atoms with van der Waals surface area (Å²) in [7, 11) is -3.89. The van der Waals surface area contributed by atoms with E-state index < -0.39 is 14.9 Å². The zero-order valence-corrected chi connectivity index (χ0v) is 13.0. The van der Waals surface area contributed by atoms with E-state index in [-0.39, 0.29) is 34.1 Å². The van der Waals surface area contributed by atoms with Gasteiger partial charge in [-0.2, -0.15) is 4.31 Å². The van der Waals surface area contributed by atoms with Gasteiger partial charge in [0, 0.05) is 31.3 Å². The maximum absolute atomic E-state index is 12.6. The maximum atomic E-state index is 12.6. The first kappa shape index (κ1) is 16.2. The van der Waals surface area contributed by atoms with Crippen LogP contribution in [-0.4, -0.2) is 36.8 Å². The number of sulfonamides is 1. The number of hydrogen-bond acceptors (Lipinski definition) is 5. The quantitative estimate of drug-likeness (QED) is 0.668. The largest absolute Gasteiger partial charge is 0.326 e. The monoisotopic (exact) mass is 333 g/mol. The van der Waals surface area contributed by atoms with Crippen LogP contribution in [0.3, 0.4) is 0 Å². The van der Waals surface area contributed by atoms with Gasteiger partial charge in [-0.1, -0.05) is 18.5 Å². The summed E-state index contributed by atoms with van der Waals surface area (Å²) >= 11 is 5.91. The summed E-state index contributed by atoms with van der Waals surface area (Å²) < 4.78 is 26.4. The molecule has 1 aliphatic rings. The Labute approximate surface area is 127 Å². The predicted octanol–water partition coefficient (Wildman–Crippen LogP) is 1.61. The Morgan fingerprint density at radius 3 is 2.71 bits per heavy atom. The average Bonchev–Trinajstić information content (AvgIpc) is 2.41. The smallest absolute Gasteiger partial charge is 0.270 e. The van der Waals surface area contributed by atoms with Gasteiger partial charge in [0.15, 0.2) is 0 Å². The maximum Gasteiger partial charge on any atom is 0.270 e. The zero-order valence-electron chi connectivity index (χ0n) is 11.4. The first-order valence-electron chi connectivity index (χ1n) is 6.43. The van der Waals surface area contributed by atoms with Crippen LogP contribution in [0.25, 0.3) is 0 Å². The Morgan fingerprint density at radius 1 is 1.48 bits per heavy atom. The van der Waals surface area contributed by atoms with E-state index in [9.17, 15) is 18.5 Å². The van der Waals surface area contributed by atoms with Gasteiger partial charge in [0.05, 0.1) is 9.95 Å². The minimum Gasteiger partial charge on any atom is -0.326 e. The van der Waals surface area contributed by atoms with E-state index >= 15 is 0 Å². The van der Waals surface area contributed by atoms with Crippen LogP contribution in [-0.2, 0) is 10.0 Å². The molecule has 1 aromatic carbocycles. The molecule has 7 nitrogen and oxygen atoms in total. The molecule has 0 spiro atoms. The highest BCUT2D eigenvalue weighted by molar-refractivity contribution is 7.89. The van der Waals surface area contributed by atoms with Gasteiger partial charge in [0.25, 0.3) is 5.69 Å². The van der Waals surface area contributed by atoms with Crippen LogP contribution in [0.5, 0.6) is 0 Å². The Morgan fingerprint density at radius 2 is 2.14 bits per heavy atom. The summed E-state index contributed by atoms with van der Waals surface area (Å²) in [5.74, 6) is 0.233. The van der Waals surface area contributed by atoms with Crippen LogP contribution in [0.15, 0.2) is 23.1 Å². The van der Waals surface area contributed by atoms with Crippen molar-refractivity contribution < 1.29 is 13.3 Å². The van der Waals surface area contributed by atoms with E-state index in [2.05, 4.69) is 0 Å². The van der Waals surface area contributed by atoms with Gasteiger partial charge >= 0.3 is 0 Å². The third-order valence-corrected chi connectivity index (χ3v) is 6.07. The first-order chi connectivity index (χ1) is 9.73. The number of piperidine rings is 1. The van der Waals surface area contributed by atoms with Gasteiger partial charge in [0.2, 0.25) is 10.0 Å². The summed E-state index contributed by atoms with van der Waals surface area (Å²) in [4.78, 5) is 9.89. The first-order valence-corrected chi connectivity index (χ1v) is 8.25. The molecule has 2 rings (SSSR count). The van der Waals surface area contributed by atoms with Crippen molar-refractivity contribution in [1.29, 1.82) is 0 Å². The molecule has 2 N–H and O–H groups in total. The molecular formula is C12H16ClN3O4S. The molecule has 1 saturated heterocycles. The standard InChI is InChI=1S/C12H16ClN3O4S/c1-8-4-5-15(7-11(8)14)21(19,20)12-6-9(16(17)18)2-3-10(12)13/h2-3,6,8,11H,4-5,7,14H2,1H3. The van der Waals surface area contributed by atoms with Crippen molar-refractivity contribution >= 4 is 27.3 Å². The number of nitro benzene ring substituents is 1. The lowest BCUT2D eigenvalue weighted by molar-refractivity contribution is -0.385. The molecule has 21 heavy (non-hydrogen) atoms. The summed E-state index contributed by atoms with van der Waals surface area (Å²) in [6.45, 7) is 2.48. The molecule has 9 heteroatoms. The lowest BCUT2D eigenvalue weighted by Gasteiger charge is -2.34. The van der Waals surface area contributed by atoms with Gasteiger partial charge in [-0.05, 0) is 18.4 Å². The lowest BCUT2D eigenvalue weighted by Crippen LogP contribution is -2.49. The van der Waals surface area contributed by atoms with Crippen LogP contribution in [0, 0.1) is 16.0 Å². The molecule has 1 aliphatic heterocycles. The van der Waals surface area contributed by atoms with Gasteiger partial charge in [-0.25, -0.2) is 8.42 Å². The van der Waals surface area contributed by atoms with E-state index in [1.807, 2.05) is 6.92 Å². The van der Waals surface area contributed by atoms with Crippen LogP contribution in [0.4, 0.5) is 5.69 Å². The minimum absolute atomic E-state index is 0.0345. The molecule has 0 aromatic heterocycles. The molecule has 1 fully saturated rings. The molecular weight excluding hydrogens is 318 g/mol. The fraction of sp³-hybridized carbons (Fsp3) is 0.500. The molecule has 0 saturated carbocycles. The van der Waals surface area contributed by atoms with E-state index in [0.29, 0.717) is 13.0 Å². The van der Waals surface area contributed by atoms with Gasteiger partial charge in [-0.15, -0.1) is 0 Å². The molecule has 0 bridgehead atoms. The molecule has 2 atom stereocenters. The van der Waals surface area contributed by atoms with E-state index in [4.69, 9.17) is 17.3 Å². The molecule has 0 amide bonds. The topological polar surface area (TPSA) is 107 Å². The van der Waals surface area contributed by atoms with Gasteiger partial charge < -0.3 is 5.73 Å². The molecule has 1 heterocycles. The second-order valence-electron chi connectivity index (χ2n) is 5.16. The van der Waals surface area contributed by atoms with Crippen molar-refractivity contribution in [3.8, 4) is 0 Å². The van der Waals surface area contributed by atoms with Crippen molar-refractivity contribution in [1.82, 2.24) is 4.31 Å². The summed E-state index contributed by atoms with van der Waals surface area (Å²) in [5, 5.41) is 10.8. The normalized spacial score (nSPS) is 24.0. The highest BCUT2D eigenvalue weighted by atomic mass is 35.5. The Kier molecular flexibility index (Phi) is 4.52. The SMILES string of the molecule is CC1CCN(S(=O)(=O)c2cc([N+](=O)[O-])ccc2Cl)CC1N. The number of non-ortho nitro benzene ring substituents is 1. The highest BCUT2D eigenvalue weighted by Gasteiger charge is 2.34. The highest BCUT2D eigenvalue weighted by Crippen LogP contribution is 2.30. The summed E-state index contributed by atoms with van der Waals surface area (Å²) in [5.41, 5.74) is 5.60. The second-order valence-corrected chi connectivity index (χ2v) is 7.48. The van der Waals surface area contributed by atoms with E-state index in [0.717, 1.165) is 6.07 Å². The third-order valence-electron chi connectivity index (χ3n) is 3.72. The third kappa shape index (κ3) is 3.18. The van der Waals surface area contributed by atoms with Crippen molar-refractivity contribution in [2.24, 2.45) is 11.7 Å². The van der Waals surface area contributed by atoms with Crippen LogP contribution < -0.4 is 5.73 Å². The lowest BCUT2D eigenvalue weighted by atomic mass is 9.96. The van der Waals surface area contributed by atoms with Gasteiger partial charge in [0.1, 0.15) is 4.90 Å². The molecule has 0 radical (unpaired) electrons. The number of rotatable bonds is 3. The van der Waals surface area contributed by atoms with Crippen LogP contribution in [0.2, 0.25) is 5.02 Å². The van der Waals surface area contributed by atoms with E-state index in [1.54, 1.807) is 0 Å². The number of nitrogens with zero attached hydrogens (tertiary/aromatic N) is 2. The van der Waals surface area contributed by atoms with Crippen molar-refractivity contribution in [2.45, 2.75) is 24.3 Å². The summed E-state index contributed by atoms with van der Waals surface area (Å²) in [6.07, 6.45) is 0.646. The Hall–Kier alpha value is -1.22. The van der Waals surface area contributed by atoms with Gasteiger partial charge in [-0.3, -0.25) is 10.1 Å². The minimum atomic E-state index is -3.89. The molecule has 0 aliphatic carbocycles. The van der Waals surface area contributed by atoms with E-state index in [1.165, 1.54) is 16.4 Å². The second kappa shape index (κ2) is 5.88. The molecule has 1 aromatic rings. The fourth-order valence-corrected chi connectivity index (χ4v) is 4.22. The number of benzene rings is 1. The molecule has 2 unspecified atom stereocenters. The number of halogens is 1. The fourth-order valence-electron chi connectivity index (χ4n) is 2.23. The number of nitro groups is 1. The van der Waals surface area contributed by atoms with Crippen molar-refractivity contribution in [3.05, 3.63) is 33.3 Å². The summed E-state index contributed by atoms with van der Waals surface area (Å²) in [6, 6.07) is 3.12. The zero-order chi connectivity index (χ0) is 15.8. The van der Waals surface area contributed by atoms with Crippen molar-refractivity contribution in [3.63, 3.8) is 0 Å². The Balaban J connectivity index is 2.40. The number of hydrogen-bond donors (Lipinski definition) is 1. The van der Waals surface area contributed by atoms with Crippen LogP contribution >= 0.6 is 11.6 Å². The number of nitrogens with two attached hydrogens (primary N) is 1. The predicted molar refractivity (Wildman–Crippen MR) is 78.6 cm³/mol.